The fraction of sp³-hybridized carbons (Fsp3) is 0.263. The molecule has 0 radical (unpaired) electrons. The number of carbonyl (C=O) groups excluding carboxylic acids is 1. The fourth-order valence-corrected chi connectivity index (χ4v) is 3.32. The Hall–Kier alpha value is -2.82. The Morgan fingerprint density at radius 1 is 1.29 bits per heavy atom. The number of nitrogens with zero attached hydrogens (tertiary/aromatic N) is 2. The van der Waals surface area contributed by atoms with Gasteiger partial charge in [0, 0.05) is 47.9 Å². The number of carbonyl (C=O) groups is 1. The van der Waals surface area contributed by atoms with Gasteiger partial charge in [-0.15, -0.1) is 0 Å². The van der Waals surface area contributed by atoms with E-state index in [2.05, 4.69) is 22.1 Å². The summed E-state index contributed by atoms with van der Waals surface area (Å²) < 4.78 is 5.51. The van der Waals surface area contributed by atoms with E-state index in [9.17, 15) is 4.79 Å². The van der Waals surface area contributed by atoms with Crippen molar-refractivity contribution in [3.8, 4) is 5.88 Å². The molecule has 0 aliphatic carbocycles. The predicted octanol–water partition coefficient (Wildman–Crippen LogP) is 3.16. The first kappa shape index (κ1) is 14.8. The van der Waals surface area contributed by atoms with E-state index in [1.165, 1.54) is 16.6 Å². The van der Waals surface area contributed by atoms with Gasteiger partial charge in [-0.1, -0.05) is 18.2 Å². The Labute approximate surface area is 140 Å². The van der Waals surface area contributed by atoms with Gasteiger partial charge in [-0.25, -0.2) is 4.98 Å². The number of aromatic nitrogens is 2. The van der Waals surface area contributed by atoms with Crippen LogP contribution in [0.3, 0.4) is 0 Å². The average molecular weight is 321 g/mol. The van der Waals surface area contributed by atoms with Crippen LogP contribution in [-0.4, -0.2) is 33.9 Å². The Bertz CT molecular complexity index is 901. The van der Waals surface area contributed by atoms with Crippen LogP contribution in [0.5, 0.6) is 5.88 Å². The minimum Gasteiger partial charge on any atom is -0.477 e. The van der Waals surface area contributed by atoms with Crippen molar-refractivity contribution in [3.63, 3.8) is 0 Å². The number of aromatic amines is 1. The number of H-pyrrole nitrogens is 1. The van der Waals surface area contributed by atoms with Crippen molar-refractivity contribution in [2.75, 3.05) is 13.2 Å². The van der Waals surface area contributed by atoms with Crippen LogP contribution in [0.2, 0.25) is 0 Å². The van der Waals surface area contributed by atoms with Gasteiger partial charge in [0.25, 0.3) is 5.91 Å². The summed E-state index contributed by atoms with van der Waals surface area (Å²) in [7, 11) is 0. The Kier molecular flexibility index (Phi) is 3.69. The first-order valence-electron chi connectivity index (χ1n) is 8.23. The van der Waals surface area contributed by atoms with E-state index in [0.29, 0.717) is 31.1 Å². The second-order valence-electron chi connectivity index (χ2n) is 5.89. The molecule has 0 saturated carbocycles. The maximum Gasteiger partial charge on any atom is 0.259 e. The van der Waals surface area contributed by atoms with E-state index in [-0.39, 0.29) is 5.91 Å². The van der Waals surface area contributed by atoms with E-state index in [4.69, 9.17) is 4.74 Å². The lowest BCUT2D eigenvalue weighted by atomic mass is 10.0. The third kappa shape index (κ3) is 2.42. The highest BCUT2D eigenvalue weighted by Gasteiger charge is 2.26. The third-order valence-corrected chi connectivity index (χ3v) is 4.45. The second kappa shape index (κ2) is 6.00. The van der Waals surface area contributed by atoms with Crippen LogP contribution in [0.25, 0.3) is 10.9 Å². The molecule has 1 aliphatic heterocycles. The maximum atomic E-state index is 13.0. The highest BCUT2D eigenvalue weighted by molar-refractivity contribution is 5.97. The van der Waals surface area contributed by atoms with Crippen molar-refractivity contribution in [3.05, 3.63) is 59.4 Å². The van der Waals surface area contributed by atoms with Crippen LogP contribution in [0.4, 0.5) is 0 Å². The Morgan fingerprint density at radius 3 is 3.04 bits per heavy atom. The highest BCUT2D eigenvalue weighted by Crippen LogP contribution is 2.29. The minimum absolute atomic E-state index is 0.0255. The molecule has 5 heteroatoms. The van der Waals surface area contributed by atoms with Crippen LogP contribution in [-0.2, 0) is 13.0 Å². The molecule has 0 saturated heterocycles. The van der Waals surface area contributed by atoms with Crippen molar-refractivity contribution in [2.45, 2.75) is 19.9 Å². The van der Waals surface area contributed by atoms with Gasteiger partial charge in [-0.3, -0.25) is 4.79 Å². The molecule has 2 aromatic heterocycles. The van der Waals surface area contributed by atoms with Crippen LogP contribution in [0.1, 0.15) is 28.5 Å². The van der Waals surface area contributed by atoms with Crippen molar-refractivity contribution in [1.82, 2.24) is 14.9 Å². The number of rotatable bonds is 3. The standard InChI is InChI=1S/C19H19N3O2/c1-2-24-18-14(7-5-10-20-18)19(23)22-11-9-17-15(12-22)13-6-3-4-8-16(13)21-17/h3-8,10,21H,2,9,11-12H2,1H3. The van der Waals surface area contributed by atoms with Crippen LogP contribution in [0.15, 0.2) is 42.6 Å². The summed E-state index contributed by atoms with van der Waals surface area (Å²) in [6, 6.07) is 11.8. The number of benzene rings is 1. The topological polar surface area (TPSA) is 58.2 Å². The Morgan fingerprint density at radius 2 is 2.17 bits per heavy atom. The summed E-state index contributed by atoms with van der Waals surface area (Å²) in [5.74, 6) is 0.386. The average Bonchev–Trinajstić information content (AvgIpc) is 3.00. The fourth-order valence-electron chi connectivity index (χ4n) is 3.32. The maximum absolute atomic E-state index is 13.0. The van der Waals surface area contributed by atoms with Crippen molar-refractivity contribution >= 4 is 16.8 Å². The zero-order chi connectivity index (χ0) is 16.5. The molecule has 1 amide bonds. The van der Waals surface area contributed by atoms with E-state index < -0.39 is 0 Å². The highest BCUT2D eigenvalue weighted by atomic mass is 16.5. The molecule has 4 rings (SSSR count). The zero-order valence-electron chi connectivity index (χ0n) is 13.6. The number of hydrogen-bond acceptors (Lipinski definition) is 3. The molecule has 0 unspecified atom stereocenters. The first-order chi connectivity index (χ1) is 11.8. The molecular formula is C19H19N3O2. The van der Waals surface area contributed by atoms with Gasteiger partial charge in [0.2, 0.25) is 5.88 Å². The second-order valence-corrected chi connectivity index (χ2v) is 5.89. The third-order valence-electron chi connectivity index (χ3n) is 4.45. The summed E-state index contributed by atoms with van der Waals surface area (Å²) in [6.45, 7) is 3.68. The number of amides is 1. The SMILES string of the molecule is CCOc1ncccc1C(=O)N1CCc2[nH]c3ccccc3c2C1. The van der Waals surface area contributed by atoms with Gasteiger partial charge in [-0.05, 0) is 25.1 Å². The summed E-state index contributed by atoms with van der Waals surface area (Å²) in [5, 5.41) is 1.20. The molecule has 24 heavy (non-hydrogen) atoms. The molecule has 5 nitrogen and oxygen atoms in total. The summed E-state index contributed by atoms with van der Waals surface area (Å²) in [6.07, 6.45) is 2.48. The van der Waals surface area contributed by atoms with Gasteiger partial charge < -0.3 is 14.6 Å². The van der Waals surface area contributed by atoms with Crippen LogP contribution in [0, 0.1) is 0 Å². The predicted molar refractivity (Wildman–Crippen MR) is 92.1 cm³/mol. The van der Waals surface area contributed by atoms with E-state index in [1.54, 1.807) is 18.3 Å². The van der Waals surface area contributed by atoms with Gasteiger partial charge in [0.1, 0.15) is 5.56 Å². The van der Waals surface area contributed by atoms with Crippen molar-refractivity contribution in [2.24, 2.45) is 0 Å². The number of fused-ring (bicyclic) bond motifs is 3. The zero-order valence-corrected chi connectivity index (χ0v) is 13.6. The molecule has 1 aliphatic rings. The quantitative estimate of drug-likeness (QED) is 0.806. The Balaban J connectivity index is 1.66. The van der Waals surface area contributed by atoms with E-state index in [0.717, 1.165) is 11.9 Å². The molecule has 3 aromatic rings. The number of nitrogens with one attached hydrogen (secondary N) is 1. The molecule has 0 fully saturated rings. The number of pyridine rings is 1. The minimum atomic E-state index is -0.0255. The number of para-hydroxylation sites is 1. The first-order valence-corrected chi connectivity index (χ1v) is 8.23. The van der Waals surface area contributed by atoms with Gasteiger partial charge in [-0.2, -0.15) is 0 Å². The summed E-state index contributed by atoms with van der Waals surface area (Å²) in [4.78, 5) is 22.5. The van der Waals surface area contributed by atoms with Crippen molar-refractivity contribution in [1.29, 1.82) is 0 Å². The number of ether oxygens (including phenoxy) is 1. The van der Waals surface area contributed by atoms with Crippen molar-refractivity contribution < 1.29 is 9.53 Å². The largest absolute Gasteiger partial charge is 0.477 e. The normalized spacial score (nSPS) is 13.8. The molecular weight excluding hydrogens is 302 g/mol. The molecule has 3 heterocycles. The van der Waals surface area contributed by atoms with Crippen LogP contribution < -0.4 is 4.74 Å². The van der Waals surface area contributed by atoms with Gasteiger partial charge >= 0.3 is 0 Å². The summed E-state index contributed by atoms with van der Waals surface area (Å²) >= 11 is 0. The molecule has 122 valence electrons. The monoisotopic (exact) mass is 321 g/mol. The smallest absolute Gasteiger partial charge is 0.259 e. The molecule has 0 atom stereocenters. The molecule has 0 bridgehead atoms. The van der Waals surface area contributed by atoms with E-state index >= 15 is 0 Å². The molecule has 0 spiro atoms. The van der Waals surface area contributed by atoms with Crippen LogP contribution >= 0.6 is 0 Å². The lowest BCUT2D eigenvalue weighted by Crippen LogP contribution is -2.36. The molecule has 1 N–H and O–H groups in total. The van der Waals surface area contributed by atoms with Gasteiger partial charge in [0.15, 0.2) is 0 Å². The van der Waals surface area contributed by atoms with Gasteiger partial charge in [0.05, 0.1) is 6.61 Å². The molecule has 1 aromatic carbocycles. The summed E-state index contributed by atoms with van der Waals surface area (Å²) in [5.41, 5.74) is 4.11. The lowest BCUT2D eigenvalue weighted by Gasteiger charge is -2.27. The number of hydrogen-bond donors (Lipinski definition) is 1. The van der Waals surface area contributed by atoms with E-state index in [1.807, 2.05) is 24.0 Å². The lowest BCUT2D eigenvalue weighted by molar-refractivity contribution is 0.0730.